The molecule has 1 aromatic rings. The number of rotatable bonds is 4. The molecular weight excluding hydrogens is 300 g/mol. The Morgan fingerprint density at radius 2 is 1.75 bits per heavy atom. The summed E-state index contributed by atoms with van der Waals surface area (Å²) >= 11 is 0. The highest BCUT2D eigenvalue weighted by molar-refractivity contribution is 6.02. The number of carbonyl (C=O) groups is 1. The highest BCUT2D eigenvalue weighted by Crippen LogP contribution is 2.23. The van der Waals surface area contributed by atoms with Crippen molar-refractivity contribution in [1.82, 2.24) is 5.32 Å². The van der Waals surface area contributed by atoms with E-state index in [1.807, 2.05) is 44.2 Å². The van der Waals surface area contributed by atoms with E-state index in [2.05, 4.69) is 10.3 Å². The smallest absolute Gasteiger partial charge is 0.292 e. The van der Waals surface area contributed by atoms with Gasteiger partial charge in [-0.1, -0.05) is 69.9 Å². The van der Waals surface area contributed by atoms with E-state index in [1.165, 1.54) is 38.5 Å². The van der Waals surface area contributed by atoms with Crippen molar-refractivity contribution >= 4 is 11.9 Å². The predicted octanol–water partition coefficient (Wildman–Crippen LogP) is 4.10. The van der Waals surface area contributed by atoms with Crippen LogP contribution in [-0.4, -0.2) is 24.6 Å². The number of nitrogens with one attached hydrogen (secondary N) is 1. The first-order chi connectivity index (χ1) is 11.8. The van der Waals surface area contributed by atoms with Gasteiger partial charge in [0.05, 0.1) is 0 Å². The SMILES string of the molecule is CC.O=C1NC(=NCC2CCCCCC2)OC1Cc1ccccc1. The van der Waals surface area contributed by atoms with Crippen LogP contribution in [0.3, 0.4) is 0 Å². The molecule has 1 saturated carbocycles. The summed E-state index contributed by atoms with van der Waals surface area (Å²) in [4.78, 5) is 16.5. The Morgan fingerprint density at radius 3 is 2.42 bits per heavy atom. The molecule has 1 saturated heterocycles. The van der Waals surface area contributed by atoms with Crippen LogP contribution in [0.1, 0.15) is 57.9 Å². The van der Waals surface area contributed by atoms with Crippen molar-refractivity contribution in [3.63, 3.8) is 0 Å². The second-order valence-corrected chi connectivity index (χ2v) is 6.29. The lowest BCUT2D eigenvalue weighted by Gasteiger charge is -2.11. The number of carbonyl (C=O) groups excluding carboxylic acids is 1. The van der Waals surface area contributed by atoms with Crippen molar-refractivity contribution in [3.05, 3.63) is 35.9 Å². The van der Waals surface area contributed by atoms with Gasteiger partial charge in [0, 0.05) is 13.0 Å². The topological polar surface area (TPSA) is 50.7 Å². The summed E-state index contributed by atoms with van der Waals surface area (Å²) in [5.74, 6) is 0.562. The fourth-order valence-corrected chi connectivity index (χ4v) is 3.20. The van der Waals surface area contributed by atoms with Gasteiger partial charge >= 0.3 is 0 Å². The maximum atomic E-state index is 12.0. The van der Waals surface area contributed by atoms with Gasteiger partial charge in [0.15, 0.2) is 6.10 Å². The molecule has 0 bridgehead atoms. The van der Waals surface area contributed by atoms with Crippen LogP contribution >= 0.6 is 0 Å². The van der Waals surface area contributed by atoms with Crippen molar-refractivity contribution in [2.24, 2.45) is 10.9 Å². The van der Waals surface area contributed by atoms with Crippen LogP contribution in [0.5, 0.6) is 0 Å². The van der Waals surface area contributed by atoms with Crippen LogP contribution < -0.4 is 5.32 Å². The minimum absolute atomic E-state index is 0.0801. The van der Waals surface area contributed by atoms with Gasteiger partial charge in [-0.25, -0.2) is 4.99 Å². The molecule has 4 nitrogen and oxygen atoms in total. The molecule has 2 aliphatic rings. The van der Waals surface area contributed by atoms with Crippen molar-refractivity contribution in [2.45, 2.75) is 64.9 Å². The van der Waals surface area contributed by atoms with Crippen LogP contribution in [0.25, 0.3) is 0 Å². The molecule has 0 spiro atoms. The summed E-state index contributed by atoms with van der Waals surface area (Å²) in [5, 5.41) is 2.77. The van der Waals surface area contributed by atoms with Gasteiger partial charge in [0.2, 0.25) is 0 Å². The summed E-state index contributed by atoms with van der Waals surface area (Å²) in [6, 6.07) is 10.4. The monoisotopic (exact) mass is 330 g/mol. The van der Waals surface area contributed by atoms with Gasteiger partial charge < -0.3 is 4.74 Å². The first kappa shape index (κ1) is 18.5. The minimum Gasteiger partial charge on any atom is -0.451 e. The van der Waals surface area contributed by atoms with E-state index in [0.717, 1.165) is 12.1 Å². The first-order valence-electron chi connectivity index (χ1n) is 9.37. The lowest BCUT2D eigenvalue weighted by Crippen LogP contribution is -2.26. The molecule has 1 atom stereocenters. The van der Waals surface area contributed by atoms with Gasteiger partial charge in [0.1, 0.15) is 0 Å². The lowest BCUT2D eigenvalue weighted by atomic mass is 10.0. The molecule has 132 valence electrons. The van der Waals surface area contributed by atoms with Crippen LogP contribution in [0.4, 0.5) is 0 Å². The largest absolute Gasteiger partial charge is 0.451 e. The molecular formula is C20H30N2O2. The van der Waals surface area contributed by atoms with E-state index in [0.29, 0.717) is 18.4 Å². The molecule has 24 heavy (non-hydrogen) atoms. The molecule has 1 aliphatic carbocycles. The summed E-state index contributed by atoms with van der Waals surface area (Å²) < 4.78 is 5.69. The molecule has 0 radical (unpaired) electrons. The molecule has 2 fully saturated rings. The summed E-state index contributed by atoms with van der Waals surface area (Å²) in [5.41, 5.74) is 1.10. The number of amidine groups is 1. The fraction of sp³-hybridized carbons (Fsp3) is 0.600. The highest BCUT2D eigenvalue weighted by Gasteiger charge is 2.30. The maximum Gasteiger partial charge on any atom is 0.292 e. The van der Waals surface area contributed by atoms with E-state index in [4.69, 9.17) is 4.74 Å². The van der Waals surface area contributed by atoms with Crippen LogP contribution in [0, 0.1) is 5.92 Å². The molecule has 1 unspecified atom stereocenters. The zero-order valence-electron chi connectivity index (χ0n) is 15.0. The summed E-state index contributed by atoms with van der Waals surface area (Å²) in [7, 11) is 0. The molecule has 1 amide bonds. The van der Waals surface area contributed by atoms with Gasteiger partial charge in [-0.2, -0.15) is 0 Å². The minimum atomic E-state index is -0.449. The van der Waals surface area contributed by atoms with E-state index in [9.17, 15) is 4.79 Å². The maximum absolute atomic E-state index is 12.0. The van der Waals surface area contributed by atoms with Crippen molar-refractivity contribution < 1.29 is 9.53 Å². The Balaban J connectivity index is 0.00000100. The Labute approximate surface area is 145 Å². The van der Waals surface area contributed by atoms with Gasteiger partial charge in [-0.3, -0.25) is 10.1 Å². The molecule has 1 aromatic carbocycles. The predicted molar refractivity (Wildman–Crippen MR) is 98.0 cm³/mol. The fourth-order valence-electron chi connectivity index (χ4n) is 3.20. The number of hydrogen-bond acceptors (Lipinski definition) is 3. The van der Waals surface area contributed by atoms with Crippen LogP contribution in [0.15, 0.2) is 35.3 Å². The molecule has 1 heterocycles. The number of aliphatic imine (C=N–C) groups is 1. The Morgan fingerprint density at radius 1 is 1.08 bits per heavy atom. The Kier molecular flexibility index (Phi) is 7.80. The van der Waals surface area contributed by atoms with Gasteiger partial charge in [-0.05, 0) is 24.3 Å². The number of hydrogen-bond donors (Lipinski definition) is 1. The van der Waals surface area contributed by atoms with Crippen LogP contribution in [-0.2, 0) is 16.0 Å². The normalized spacial score (nSPS) is 23.0. The molecule has 0 aromatic heterocycles. The van der Waals surface area contributed by atoms with Crippen LogP contribution in [0.2, 0.25) is 0 Å². The lowest BCUT2D eigenvalue weighted by molar-refractivity contribution is -0.123. The summed E-state index contributed by atoms with van der Waals surface area (Å²) in [6.07, 6.45) is 7.94. The number of nitrogens with zero attached hydrogens (tertiary/aromatic N) is 1. The van der Waals surface area contributed by atoms with E-state index < -0.39 is 6.10 Å². The Bertz CT molecular complexity index is 520. The quantitative estimate of drug-likeness (QED) is 0.845. The number of amides is 1. The van der Waals surface area contributed by atoms with Crippen molar-refractivity contribution in [1.29, 1.82) is 0 Å². The third kappa shape index (κ3) is 5.66. The van der Waals surface area contributed by atoms with Crippen molar-refractivity contribution in [2.75, 3.05) is 6.54 Å². The summed E-state index contributed by atoms with van der Waals surface area (Å²) in [6.45, 7) is 4.77. The first-order valence-corrected chi connectivity index (χ1v) is 9.37. The van der Waals surface area contributed by atoms with E-state index in [1.54, 1.807) is 0 Å². The zero-order valence-corrected chi connectivity index (χ0v) is 15.0. The second kappa shape index (κ2) is 10.1. The molecule has 1 aliphatic heterocycles. The van der Waals surface area contributed by atoms with E-state index >= 15 is 0 Å². The number of benzene rings is 1. The number of ether oxygens (including phenoxy) is 1. The van der Waals surface area contributed by atoms with E-state index in [-0.39, 0.29) is 5.91 Å². The highest BCUT2D eigenvalue weighted by atomic mass is 16.5. The van der Waals surface area contributed by atoms with Gasteiger partial charge in [-0.15, -0.1) is 0 Å². The van der Waals surface area contributed by atoms with Crippen molar-refractivity contribution in [3.8, 4) is 0 Å². The third-order valence-electron chi connectivity index (χ3n) is 4.51. The average molecular weight is 330 g/mol. The standard InChI is InChI=1S/C18H24N2O2.C2H6/c21-17-16(12-14-8-6-3-7-9-14)22-18(20-17)19-13-15-10-4-1-2-5-11-15;1-2/h3,6-9,15-16H,1-2,4-5,10-13H2,(H,19,20,21);1-2H3. The molecule has 3 rings (SSSR count). The van der Waals surface area contributed by atoms with Gasteiger partial charge in [0.25, 0.3) is 11.9 Å². The molecule has 4 heteroatoms. The molecule has 1 N–H and O–H groups in total. The zero-order chi connectivity index (χ0) is 17.2. The third-order valence-corrected chi connectivity index (χ3v) is 4.51. The average Bonchev–Trinajstić information content (AvgIpc) is 2.81. The second-order valence-electron chi connectivity index (χ2n) is 6.29. The Hall–Kier alpha value is -1.84.